The average Bonchev–Trinajstić information content (AvgIpc) is 3.20. The molecule has 3 atom stereocenters. The maximum atomic E-state index is 12.8. The van der Waals surface area contributed by atoms with E-state index < -0.39 is 20.0 Å². The molecule has 0 aliphatic heterocycles. The molecular formula is C48H87N2O6P. The zero-order valence-electron chi connectivity index (χ0n) is 36.6. The molecule has 0 radical (unpaired) electrons. The van der Waals surface area contributed by atoms with E-state index >= 15 is 0 Å². The summed E-state index contributed by atoms with van der Waals surface area (Å²) in [5.74, 6) is -0.244. The Morgan fingerprint density at radius 3 is 1.39 bits per heavy atom. The molecule has 0 rings (SSSR count). The quantitative estimate of drug-likeness (QED) is 0.0274. The van der Waals surface area contributed by atoms with Gasteiger partial charge < -0.3 is 21.1 Å². The predicted molar refractivity (Wildman–Crippen MR) is 244 cm³/mol. The van der Waals surface area contributed by atoms with Gasteiger partial charge >= 0.3 is 7.82 Å². The topological polar surface area (TPSA) is 131 Å². The van der Waals surface area contributed by atoms with Gasteiger partial charge in [-0.1, -0.05) is 209 Å². The van der Waals surface area contributed by atoms with E-state index in [2.05, 4.69) is 79.9 Å². The number of rotatable bonds is 42. The lowest BCUT2D eigenvalue weighted by molar-refractivity contribution is -0.123. The van der Waals surface area contributed by atoms with Gasteiger partial charge in [0.05, 0.1) is 25.4 Å². The van der Waals surface area contributed by atoms with Gasteiger partial charge in [0.2, 0.25) is 5.91 Å². The number of nitrogens with two attached hydrogens (primary N) is 1. The van der Waals surface area contributed by atoms with Gasteiger partial charge in [-0.05, 0) is 51.4 Å². The lowest BCUT2D eigenvalue weighted by atomic mass is 10.0. The Morgan fingerprint density at radius 2 is 0.982 bits per heavy atom. The van der Waals surface area contributed by atoms with Crippen LogP contribution in [-0.4, -0.2) is 47.8 Å². The van der Waals surface area contributed by atoms with Crippen molar-refractivity contribution in [3.63, 3.8) is 0 Å². The molecular weight excluding hydrogens is 732 g/mol. The highest BCUT2D eigenvalue weighted by atomic mass is 31.2. The first-order valence-corrected chi connectivity index (χ1v) is 24.5. The van der Waals surface area contributed by atoms with E-state index in [-0.39, 0.29) is 32.1 Å². The molecule has 57 heavy (non-hydrogen) atoms. The summed E-state index contributed by atoms with van der Waals surface area (Å²) in [6.07, 6.45) is 56.4. The molecule has 0 saturated heterocycles. The van der Waals surface area contributed by atoms with Crippen LogP contribution in [0.5, 0.6) is 0 Å². The summed E-state index contributed by atoms with van der Waals surface area (Å²) in [5.41, 5.74) is 5.38. The van der Waals surface area contributed by atoms with Gasteiger partial charge in [0.15, 0.2) is 0 Å². The Morgan fingerprint density at radius 1 is 0.596 bits per heavy atom. The van der Waals surface area contributed by atoms with E-state index in [1.54, 1.807) is 0 Å². The maximum Gasteiger partial charge on any atom is 0.472 e. The summed E-state index contributed by atoms with van der Waals surface area (Å²) in [4.78, 5) is 22.7. The molecule has 8 nitrogen and oxygen atoms in total. The van der Waals surface area contributed by atoms with Gasteiger partial charge in [-0.3, -0.25) is 13.8 Å². The minimum Gasteiger partial charge on any atom is -0.391 e. The number of hydrogen-bond donors (Lipinski definition) is 4. The normalized spacial score (nSPS) is 14.7. The molecule has 0 saturated carbocycles. The summed E-state index contributed by atoms with van der Waals surface area (Å²) >= 11 is 0. The molecule has 0 aliphatic carbocycles. The Bertz CT molecular complexity index is 1120. The number of amides is 1. The number of phosphoric ester groups is 1. The van der Waals surface area contributed by atoms with Crippen molar-refractivity contribution in [2.75, 3.05) is 19.8 Å². The van der Waals surface area contributed by atoms with E-state index in [0.29, 0.717) is 12.8 Å². The van der Waals surface area contributed by atoms with Gasteiger partial charge in [0.1, 0.15) is 0 Å². The van der Waals surface area contributed by atoms with E-state index in [1.165, 1.54) is 103 Å². The maximum absolute atomic E-state index is 12.8. The highest BCUT2D eigenvalue weighted by Gasteiger charge is 2.27. The first-order valence-electron chi connectivity index (χ1n) is 23.1. The number of phosphoric acid groups is 1. The van der Waals surface area contributed by atoms with Crippen molar-refractivity contribution in [1.29, 1.82) is 0 Å². The van der Waals surface area contributed by atoms with Crippen LogP contribution < -0.4 is 11.1 Å². The zero-order valence-corrected chi connectivity index (χ0v) is 37.4. The van der Waals surface area contributed by atoms with E-state index in [1.807, 2.05) is 12.2 Å². The second-order valence-corrected chi connectivity index (χ2v) is 16.7. The van der Waals surface area contributed by atoms with Crippen molar-refractivity contribution in [3.05, 3.63) is 72.9 Å². The van der Waals surface area contributed by atoms with Crippen LogP contribution in [0, 0.1) is 0 Å². The molecule has 0 aliphatic rings. The van der Waals surface area contributed by atoms with Crippen molar-refractivity contribution < 1.29 is 28.4 Å². The number of aliphatic hydroxyl groups excluding tert-OH is 1. The molecule has 0 aromatic heterocycles. The number of unbranched alkanes of at least 4 members (excludes halogenated alkanes) is 18. The van der Waals surface area contributed by atoms with Gasteiger partial charge in [-0.2, -0.15) is 0 Å². The van der Waals surface area contributed by atoms with E-state index in [0.717, 1.165) is 57.8 Å². The summed E-state index contributed by atoms with van der Waals surface area (Å²) in [5, 5.41) is 13.8. The third-order valence-electron chi connectivity index (χ3n) is 9.84. The minimum absolute atomic E-state index is 0.0741. The molecule has 1 amide bonds. The first-order chi connectivity index (χ1) is 27.9. The van der Waals surface area contributed by atoms with E-state index in [9.17, 15) is 19.4 Å². The minimum atomic E-state index is -4.34. The molecule has 0 aromatic rings. The Hall–Kier alpha value is -2.06. The number of nitrogens with one attached hydrogen (secondary N) is 1. The largest absolute Gasteiger partial charge is 0.472 e. The van der Waals surface area contributed by atoms with Crippen LogP contribution in [0.2, 0.25) is 0 Å². The summed E-state index contributed by atoms with van der Waals surface area (Å²) in [6.45, 7) is 4.04. The predicted octanol–water partition coefficient (Wildman–Crippen LogP) is 13.2. The zero-order chi connectivity index (χ0) is 41.8. The highest BCUT2D eigenvalue weighted by Crippen LogP contribution is 2.43. The van der Waals surface area contributed by atoms with Crippen molar-refractivity contribution in [1.82, 2.24) is 5.32 Å². The standard InChI is InChI=1S/C48H87N2O6P/c1-3-5-7-9-11-13-15-17-19-21-23-25-27-29-31-33-35-37-39-41-47(51)46(45-56-57(53,54)55-44-43-49)50-48(52)42-40-38-36-34-32-30-28-26-24-22-20-18-16-14-12-10-8-6-4-2/h6,8,12,14,18,20,24,26,30,32,36,38,46-47,51H,3-5,7,9-11,13,15-17,19,21-23,25,27-29,31,33-35,37,39-45,49H2,1-2H3,(H,50,52)(H,53,54)/b8-6-,14-12-,20-18-,26-24-,32-30-,38-36-. The van der Waals surface area contributed by atoms with Gasteiger partial charge in [0.25, 0.3) is 0 Å². The van der Waals surface area contributed by atoms with Crippen molar-refractivity contribution in [2.45, 2.75) is 206 Å². The SMILES string of the molecule is CC/C=C\C/C=C\C/C=C\C/C=C\C/C=C\C/C=C\CCC(=O)NC(COP(=O)(O)OCCN)C(O)CCCCCCCCCCCCCCCCCCCCC. The highest BCUT2D eigenvalue weighted by molar-refractivity contribution is 7.47. The van der Waals surface area contributed by atoms with Gasteiger partial charge in [-0.25, -0.2) is 4.57 Å². The molecule has 0 aromatic carbocycles. The average molecular weight is 819 g/mol. The monoisotopic (exact) mass is 819 g/mol. The summed E-state index contributed by atoms with van der Waals surface area (Å²) in [6, 6.07) is -0.819. The molecule has 0 fully saturated rings. The smallest absolute Gasteiger partial charge is 0.391 e. The second kappa shape index (κ2) is 43.5. The fourth-order valence-corrected chi connectivity index (χ4v) is 7.15. The second-order valence-electron chi connectivity index (χ2n) is 15.2. The number of aliphatic hydroxyl groups is 1. The number of allylic oxidation sites excluding steroid dienone is 12. The molecule has 0 heterocycles. The summed E-state index contributed by atoms with van der Waals surface area (Å²) < 4.78 is 22.2. The fraction of sp³-hybridized carbons (Fsp3) is 0.729. The molecule has 0 spiro atoms. The van der Waals surface area contributed by atoms with Crippen LogP contribution in [-0.2, 0) is 18.4 Å². The number of carbonyl (C=O) groups is 1. The van der Waals surface area contributed by atoms with Crippen molar-refractivity contribution >= 4 is 13.7 Å². The van der Waals surface area contributed by atoms with Crippen LogP contribution in [0.4, 0.5) is 0 Å². The molecule has 0 bridgehead atoms. The fourth-order valence-electron chi connectivity index (χ4n) is 6.39. The van der Waals surface area contributed by atoms with Crippen LogP contribution in [0.1, 0.15) is 194 Å². The van der Waals surface area contributed by atoms with Crippen LogP contribution >= 0.6 is 7.82 Å². The van der Waals surface area contributed by atoms with Gasteiger partial charge in [-0.15, -0.1) is 0 Å². The molecule has 3 unspecified atom stereocenters. The molecule has 5 N–H and O–H groups in total. The third-order valence-corrected chi connectivity index (χ3v) is 10.8. The molecule has 9 heteroatoms. The van der Waals surface area contributed by atoms with Crippen molar-refractivity contribution in [2.24, 2.45) is 5.73 Å². The van der Waals surface area contributed by atoms with Crippen LogP contribution in [0.15, 0.2) is 72.9 Å². The van der Waals surface area contributed by atoms with Crippen LogP contribution in [0.25, 0.3) is 0 Å². The Balaban J connectivity index is 4.26. The lowest BCUT2D eigenvalue weighted by Gasteiger charge is -2.25. The lowest BCUT2D eigenvalue weighted by Crippen LogP contribution is -2.46. The molecule has 330 valence electrons. The van der Waals surface area contributed by atoms with Crippen molar-refractivity contribution in [3.8, 4) is 0 Å². The number of hydrogen-bond acceptors (Lipinski definition) is 6. The summed E-state index contributed by atoms with van der Waals surface area (Å²) in [7, 11) is -4.34. The first kappa shape index (κ1) is 54.9. The van der Waals surface area contributed by atoms with E-state index in [4.69, 9.17) is 14.8 Å². The Labute approximate surface area is 350 Å². The van der Waals surface area contributed by atoms with Crippen LogP contribution in [0.3, 0.4) is 0 Å². The number of carbonyl (C=O) groups excluding carboxylic acids is 1. The third kappa shape index (κ3) is 41.9. The van der Waals surface area contributed by atoms with Gasteiger partial charge in [0, 0.05) is 13.0 Å². The Kier molecular flexibility index (Phi) is 41.9.